The van der Waals surface area contributed by atoms with Gasteiger partial charge >= 0.3 is 5.97 Å². The van der Waals surface area contributed by atoms with E-state index in [4.69, 9.17) is 12.3 Å². The maximum Gasteiger partial charge on any atom is 0.312 e. The van der Waals surface area contributed by atoms with Crippen molar-refractivity contribution in [2.75, 3.05) is 6.50 Å². The molecule has 1 saturated heterocycles. The normalized spacial score (nSPS) is 45.3. The molecular formula is C13H18ClNO2. The van der Waals surface area contributed by atoms with Crippen molar-refractivity contribution in [1.29, 1.82) is 0 Å². The molecule has 17 heavy (non-hydrogen) atoms. The van der Waals surface area contributed by atoms with Crippen molar-refractivity contribution in [2.45, 2.75) is 31.1 Å². The van der Waals surface area contributed by atoms with Gasteiger partial charge in [0.15, 0.2) is 0 Å². The first-order valence-electron chi connectivity index (χ1n) is 9.20. The van der Waals surface area contributed by atoms with E-state index in [-0.39, 0.29) is 18.0 Å². The fraction of sp³-hybridized carbons (Fsp3) is 0.462. The first kappa shape index (κ1) is 5.72. The standard InChI is InChI=1S/C13H17NO2.ClH/c15-13(16)12(10-6-2-1-3-7-10)11-8-4-5-9-14-11;/h1-3,6-7,11-12,14H,4-5,8-9H2,(H,15,16);1H/i4D2,5D2,8D2,9D2,11D;. The van der Waals surface area contributed by atoms with E-state index in [0.29, 0.717) is 0 Å². The number of carboxylic acid groups (broad SMARTS) is 1. The van der Waals surface area contributed by atoms with Gasteiger partial charge in [-0.3, -0.25) is 4.79 Å². The summed E-state index contributed by atoms with van der Waals surface area (Å²) in [6, 6.07) is 4.07. The second kappa shape index (κ2) is 6.62. The third kappa shape index (κ3) is 3.45. The first-order chi connectivity index (χ1) is 11.1. The number of halogens is 1. The van der Waals surface area contributed by atoms with Crippen LogP contribution in [0.5, 0.6) is 0 Å². The highest BCUT2D eigenvalue weighted by Crippen LogP contribution is 2.25. The molecule has 1 aromatic rings. The van der Waals surface area contributed by atoms with Crippen LogP contribution in [0, 0.1) is 0 Å². The third-order valence-electron chi connectivity index (χ3n) is 2.19. The SMILES string of the molecule is Cl.[2H]C1([2H])NC([2H])(C(C(=O)O)c2ccccc2)C([2H])([2H])C([2H])([2H])C1([2H])[2H]. The van der Waals surface area contributed by atoms with Gasteiger partial charge in [-0.25, -0.2) is 0 Å². The minimum Gasteiger partial charge on any atom is -0.481 e. The summed E-state index contributed by atoms with van der Waals surface area (Å²) in [6.07, 6.45) is -10.2. The molecule has 0 spiro atoms. The number of aliphatic carboxylic acids is 1. The molecule has 1 aliphatic heterocycles. The average molecular weight is 265 g/mol. The van der Waals surface area contributed by atoms with Gasteiger partial charge in [-0.15, -0.1) is 12.4 Å². The van der Waals surface area contributed by atoms with Crippen LogP contribution >= 0.6 is 12.4 Å². The Morgan fingerprint density at radius 2 is 2.18 bits per heavy atom. The summed E-state index contributed by atoms with van der Waals surface area (Å²) < 4.78 is 71.2. The van der Waals surface area contributed by atoms with Crippen molar-refractivity contribution < 1.29 is 22.2 Å². The number of hydrogen-bond donors (Lipinski definition) is 2. The molecule has 1 aliphatic rings. The minimum atomic E-state index is -3.49. The van der Waals surface area contributed by atoms with Gasteiger partial charge in [-0.2, -0.15) is 0 Å². The molecule has 0 aliphatic carbocycles. The van der Waals surface area contributed by atoms with Crippen LogP contribution in [0.4, 0.5) is 0 Å². The Balaban J connectivity index is 0.00000338. The van der Waals surface area contributed by atoms with Crippen LogP contribution in [-0.2, 0) is 4.79 Å². The second-order valence-corrected chi connectivity index (χ2v) is 3.22. The lowest BCUT2D eigenvalue weighted by atomic mass is 9.86. The van der Waals surface area contributed by atoms with Gasteiger partial charge in [0.25, 0.3) is 0 Å². The van der Waals surface area contributed by atoms with Gasteiger partial charge < -0.3 is 10.4 Å². The molecule has 2 N–H and O–H groups in total. The largest absolute Gasteiger partial charge is 0.481 e. The van der Waals surface area contributed by atoms with E-state index in [1.54, 1.807) is 6.07 Å². The highest BCUT2D eigenvalue weighted by molar-refractivity contribution is 5.85. The molecule has 1 fully saturated rings. The number of carboxylic acids is 1. The quantitative estimate of drug-likeness (QED) is 0.882. The molecule has 0 bridgehead atoms. The zero-order valence-corrected chi connectivity index (χ0v) is 9.54. The average Bonchev–Trinajstić information content (AvgIpc) is 2.45. The van der Waals surface area contributed by atoms with Crippen LogP contribution in [0.3, 0.4) is 0 Å². The maximum absolute atomic E-state index is 11.8. The van der Waals surface area contributed by atoms with Gasteiger partial charge in [0.2, 0.25) is 0 Å². The number of benzene rings is 1. The lowest BCUT2D eigenvalue weighted by Crippen LogP contribution is -2.41. The lowest BCUT2D eigenvalue weighted by molar-refractivity contribution is -0.139. The highest BCUT2D eigenvalue weighted by Gasteiger charge is 2.30. The van der Waals surface area contributed by atoms with E-state index in [1.807, 2.05) is 5.32 Å². The smallest absolute Gasteiger partial charge is 0.312 e. The van der Waals surface area contributed by atoms with E-state index >= 15 is 0 Å². The number of carbonyl (C=O) groups is 1. The van der Waals surface area contributed by atoms with Crippen LogP contribution in [0.25, 0.3) is 0 Å². The Labute approximate surface area is 120 Å². The first-order valence-corrected chi connectivity index (χ1v) is 4.70. The van der Waals surface area contributed by atoms with E-state index in [0.717, 1.165) is 0 Å². The molecule has 94 valence electrons. The van der Waals surface area contributed by atoms with Gasteiger partial charge in [-0.1, -0.05) is 36.7 Å². The van der Waals surface area contributed by atoms with Crippen molar-refractivity contribution in [3.05, 3.63) is 35.9 Å². The van der Waals surface area contributed by atoms with Gasteiger partial charge in [0.05, 0.1) is 5.92 Å². The molecule has 2 rings (SSSR count). The molecule has 3 nitrogen and oxygen atoms in total. The molecule has 1 aromatic carbocycles. The molecule has 2 unspecified atom stereocenters. The summed E-state index contributed by atoms with van der Waals surface area (Å²) in [4.78, 5) is 11.8. The summed E-state index contributed by atoms with van der Waals surface area (Å²) in [5, 5.41) is 11.4. The molecule has 1 heterocycles. The maximum atomic E-state index is 11.8. The van der Waals surface area contributed by atoms with Crippen molar-refractivity contribution in [3.8, 4) is 0 Å². The number of piperidine rings is 1. The molecular weight excluding hydrogens is 238 g/mol. The zero-order chi connectivity index (χ0) is 19.5. The Kier molecular flexibility index (Phi) is 2.23. The van der Waals surface area contributed by atoms with E-state index in [9.17, 15) is 9.90 Å². The Hall–Kier alpha value is -1.06. The Bertz CT molecular complexity index is 685. The third-order valence-corrected chi connectivity index (χ3v) is 2.19. The fourth-order valence-corrected chi connectivity index (χ4v) is 1.48. The van der Waals surface area contributed by atoms with Crippen LogP contribution < -0.4 is 5.32 Å². The van der Waals surface area contributed by atoms with Crippen LogP contribution in [0.1, 0.15) is 42.9 Å². The van der Waals surface area contributed by atoms with E-state index in [1.165, 1.54) is 24.3 Å². The van der Waals surface area contributed by atoms with Crippen molar-refractivity contribution in [3.63, 3.8) is 0 Å². The number of rotatable bonds is 3. The summed E-state index contributed by atoms with van der Waals surface area (Å²) in [5.74, 6) is -3.64. The van der Waals surface area contributed by atoms with Gasteiger partial charge in [0, 0.05) is 18.4 Å². The number of nitrogens with one attached hydrogen (secondary N) is 1. The van der Waals surface area contributed by atoms with Crippen molar-refractivity contribution >= 4 is 18.4 Å². The summed E-state index contributed by atoms with van der Waals surface area (Å²) in [7, 11) is 0. The molecule has 0 aromatic heterocycles. The Morgan fingerprint density at radius 1 is 1.47 bits per heavy atom. The van der Waals surface area contributed by atoms with Gasteiger partial charge in [-0.05, 0) is 24.8 Å². The summed E-state index contributed by atoms with van der Waals surface area (Å²) in [5.41, 5.74) is -0.0320. The van der Waals surface area contributed by atoms with Crippen molar-refractivity contribution in [2.24, 2.45) is 0 Å². The monoisotopic (exact) mass is 264 g/mol. The Morgan fingerprint density at radius 3 is 2.82 bits per heavy atom. The van der Waals surface area contributed by atoms with Crippen molar-refractivity contribution in [1.82, 2.24) is 5.32 Å². The predicted molar refractivity (Wildman–Crippen MR) is 69.7 cm³/mol. The van der Waals surface area contributed by atoms with E-state index in [2.05, 4.69) is 0 Å². The number of hydrogen-bond acceptors (Lipinski definition) is 2. The highest BCUT2D eigenvalue weighted by atomic mass is 35.5. The van der Waals surface area contributed by atoms with Crippen LogP contribution in [0.2, 0.25) is 0 Å². The summed E-state index contributed by atoms with van der Waals surface area (Å²) in [6.45, 7) is -3.19. The minimum absolute atomic E-state index is 0. The van der Waals surface area contributed by atoms with E-state index < -0.39 is 43.5 Å². The van der Waals surface area contributed by atoms with Crippen LogP contribution in [0.15, 0.2) is 30.3 Å². The lowest BCUT2D eigenvalue weighted by Gasteiger charge is -2.29. The second-order valence-electron chi connectivity index (χ2n) is 3.22. The predicted octanol–water partition coefficient (Wildman–Crippen LogP) is 2.42. The molecule has 0 amide bonds. The molecule has 0 radical (unpaired) electrons. The topological polar surface area (TPSA) is 49.3 Å². The molecule has 2 atom stereocenters. The van der Waals surface area contributed by atoms with Crippen LogP contribution in [-0.4, -0.2) is 23.6 Å². The molecule has 0 saturated carbocycles. The zero-order valence-electron chi connectivity index (χ0n) is 17.7. The summed E-state index contributed by atoms with van der Waals surface area (Å²) >= 11 is 0. The van der Waals surface area contributed by atoms with Gasteiger partial charge in [0.1, 0.15) is 0 Å². The molecule has 4 heteroatoms. The fourth-order valence-electron chi connectivity index (χ4n) is 1.48.